The smallest absolute Gasteiger partial charge is 0.253 e. The van der Waals surface area contributed by atoms with Crippen molar-refractivity contribution in [3.63, 3.8) is 0 Å². The first kappa shape index (κ1) is 21.9. The zero-order valence-electron chi connectivity index (χ0n) is 19.5. The molecule has 2 N–H and O–H groups in total. The molecule has 0 bridgehead atoms. The number of benzene rings is 2. The van der Waals surface area contributed by atoms with Crippen LogP contribution in [0.2, 0.25) is 0 Å². The SMILES string of the molecule is CCCc1ccc2[nH]c(=O)c(CNc3ccc(N4CCN(c5ncccn5)CC4)cc3)cc2c1. The molecule has 0 saturated carbocycles. The molecule has 3 heterocycles. The molecule has 7 nitrogen and oxygen atoms in total. The number of anilines is 3. The highest BCUT2D eigenvalue weighted by Gasteiger charge is 2.19. The van der Waals surface area contributed by atoms with Gasteiger partial charge < -0.3 is 20.1 Å². The number of H-pyrrole nitrogens is 1. The van der Waals surface area contributed by atoms with Crippen LogP contribution in [0.3, 0.4) is 0 Å². The van der Waals surface area contributed by atoms with Gasteiger partial charge in [-0.25, -0.2) is 9.97 Å². The van der Waals surface area contributed by atoms with Crippen LogP contribution >= 0.6 is 0 Å². The molecule has 0 amide bonds. The van der Waals surface area contributed by atoms with E-state index in [4.69, 9.17) is 0 Å². The number of hydrogen-bond donors (Lipinski definition) is 2. The summed E-state index contributed by atoms with van der Waals surface area (Å²) in [7, 11) is 0. The van der Waals surface area contributed by atoms with Gasteiger partial charge >= 0.3 is 0 Å². The Morgan fingerprint density at radius 1 is 0.941 bits per heavy atom. The second kappa shape index (κ2) is 9.95. The number of nitrogens with zero attached hydrogens (tertiary/aromatic N) is 4. The number of pyridine rings is 1. The molecule has 174 valence electrons. The van der Waals surface area contributed by atoms with E-state index in [0.717, 1.165) is 67.1 Å². The van der Waals surface area contributed by atoms with Gasteiger partial charge in [0.05, 0.1) is 0 Å². The van der Waals surface area contributed by atoms with Crippen molar-refractivity contribution in [2.24, 2.45) is 0 Å². The maximum atomic E-state index is 12.5. The van der Waals surface area contributed by atoms with Gasteiger partial charge in [0.1, 0.15) is 0 Å². The van der Waals surface area contributed by atoms with Crippen molar-refractivity contribution in [2.75, 3.05) is 41.3 Å². The maximum Gasteiger partial charge on any atom is 0.253 e. The van der Waals surface area contributed by atoms with Crippen LogP contribution in [0.4, 0.5) is 17.3 Å². The average Bonchev–Trinajstić information content (AvgIpc) is 2.89. The van der Waals surface area contributed by atoms with Crippen LogP contribution < -0.4 is 20.7 Å². The predicted octanol–water partition coefficient (Wildman–Crippen LogP) is 4.21. The van der Waals surface area contributed by atoms with E-state index in [0.29, 0.717) is 6.54 Å². The van der Waals surface area contributed by atoms with Gasteiger partial charge in [0, 0.05) is 67.6 Å². The standard InChI is InChI=1S/C27H30N6O/c1-2-4-20-5-10-25-21(17-20)18-22(26(34)31-25)19-30-23-6-8-24(9-7-23)32-13-15-33(16-14-32)27-28-11-3-12-29-27/h3,5-12,17-18,30H,2,4,13-16,19H2,1H3,(H,31,34). The van der Waals surface area contributed by atoms with Crippen LogP contribution in [-0.2, 0) is 13.0 Å². The van der Waals surface area contributed by atoms with Crippen LogP contribution in [0.15, 0.2) is 71.8 Å². The van der Waals surface area contributed by atoms with Gasteiger partial charge in [0.15, 0.2) is 0 Å². The Labute approximate surface area is 199 Å². The molecule has 1 aliphatic rings. The topological polar surface area (TPSA) is 77.2 Å². The number of hydrogen-bond acceptors (Lipinski definition) is 6. The minimum absolute atomic E-state index is 0.0415. The molecule has 7 heteroatoms. The summed E-state index contributed by atoms with van der Waals surface area (Å²) in [5.41, 5.74) is 5.08. The van der Waals surface area contributed by atoms with Crippen LogP contribution in [0.1, 0.15) is 24.5 Å². The zero-order valence-corrected chi connectivity index (χ0v) is 19.5. The molecule has 1 fully saturated rings. The van der Waals surface area contributed by atoms with Gasteiger partial charge in [-0.2, -0.15) is 0 Å². The molecule has 0 atom stereocenters. The molecule has 1 aliphatic heterocycles. The van der Waals surface area contributed by atoms with Crippen molar-refractivity contribution in [1.82, 2.24) is 15.0 Å². The molecular formula is C27H30N6O. The van der Waals surface area contributed by atoms with E-state index in [1.54, 1.807) is 12.4 Å². The Kier molecular flexibility index (Phi) is 6.42. The largest absolute Gasteiger partial charge is 0.381 e. The lowest BCUT2D eigenvalue weighted by Gasteiger charge is -2.36. The van der Waals surface area contributed by atoms with Gasteiger partial charge in [-0.3, -0.25) is 4.79 Å². The molecule has 0 aliphatic carbocycles. The highest BCUT2D eigenvalue weighted by atomic mass is 16.1. The van der Waals surface area contributed by atoms with Crippen molar-refractivity contribution in [3.8, 4) is 0 Å². The van der Waals surface area contributed by atoms with Crippen LogP contribution in [0, 0.1) is 0 Å². The first-order valence-electron chi connectivity index (χ1n) is 12.0. The van der Waals surface area contributed by atoms with E-state index in [9.17, 15) is 4.79 Å². The fourth-order valence-electron chi connectivity index (χ4n) is 4.48. The highest BCUT2D eigenvalue weighted by Crippen LogP contribution is 2.21. The van der Waals surface area contributed by atoms with Crippen LogP contribution in [0.5, 0.6) is 0 Å². The Hall–Kier alpha value is -3.87. The summed E-state index contributed by atoms with van der Waals surface area (Å²) >= 11 is 0. The summed E-state index contributed by atoms with van der Waals surface area (Å²) in [5, 5.41) is 4.48. The second-order valence-corrected chi connectivity index (χ2v) is 8.72. The molecule has 34 heavy (non-hydrogen) atoms. The van der Waals surface area contributed by atoms with Gasteiger partial charge in [-0.05, 0) is 65.9 Å². The number of aromatic nitrogens is 3. The highest BCUT2D eigenvalue weighted by molar-refractivity contribution is 5.79. The monoisotopic (exact) mass is 454 g/mol. The summed E-state index contributed by atoms with van der Waals surface area (Å²) in [5.74, 6) is 0.798. The van der Waals surface area contributed by atoms with Crippen molar-refractivity contribution in [1.29, 1.82) is 0 Å². The quantitative estimate of drug-likeness (QED) is 0.436. The number of fused-ring (bicyclic) bond motifs is 1. The van der Waals surface area contributed by atoms with E-state index < -0.39 is 0 Å². The molecule has 2 aromatic heterocycles. The van der Waals surface area contributed by atoms with Crippen molar-refractivity contribution in [2.45, 2.75) is 26.3 Å². The van der Waals surface area contributed by atoms with Crippen LogP contribution in [-0.4, -0.2) is 41.1 Å². The van der Waals surface area contributed by atoms with E-state index in [-0.39, 0.29) is 5.56 Å². The molecule has 0 spiro atoms. The lowest BCUT2D eigenvalue weighted by Crippen LogP contribution is -2.47. The number of aryl methyl sites for hydroxylation is 1. The summed E-state index contributed by atoms with van der Waals surface area (Å²) in [4.78, 5) is 28.9. The molecule has 4 aromatic rings. The molecular weight excluding hydrogens is 424 g/mol. The predicted molar refractivity (Wildman–Crippen MR) is 139 cm³/mol. The third-order valence-electron chi connectivity index (χ3n) is 6.35. The maximum absolute atomic E-state index is 12.5. The van der Waals surface area contributed by atoms with Gasteiger partial charge in [0.25, 0.3) is 5.56 Å². The molecule has 0 radical (unpaired) electrons. The first-order chi connectivity index (χ1) is 16.7. The van der Waals surface area contributed by atoms with E-state index in [1.807, 2.05) is 18.2 Å². The lowest BCUT2D eigenvalue weighted by atomic mass is 10.1. The Balaban J connectivity index is 1.21. The summed E-state index contributed by atoms with van der Waals surface area (Å²) in [6.07, 6.45) is 5.73. The minimum Gasteiger partial charge on any atom is -0.381 e. The summed E-state index contributed by atoms with van der Waals surface area (Å²) in [6.45, 7) is 6.31. The number of nitrogens with one attached hydrogen (secondary N) is 2. The fraction of sp³-hybridized carbons (Fsp3) is 0.296. The fourth-order valence-corrected chi connectivity index (χ4v) is 4.48. The van der Waals surface area contributed by atoms with Gasteiger partial charge in [-0.15, -0.1) is 0 Å². The minimum atomic E-state index is -0.0415. The Morgan fingerprint density at radius 3 is 2.41 bits per heavy atom. The lowest BCUT2D eigenvalue weighted by molar-refractivity contribution is 0.640. The normalized spacial score (nSPS) is 13.9. The van der Waals surface area contributed by atoms with Crippen LogP contribution in [0.25, 0.3) is 10.9 Å². The number of piperazine rings is 1. The van der Waals surface area contributed by atoms with Crippen molar-refractivity contribution < 1.29 is 0 Å². The van der Waals surface area contributed by atoms with Crippen molar-refractivity contribution in [3.05, 3.63) is 88.5 Å². The zero-order chi connectivity index (χ0) is 23.3. The summed E-state index contributed by atoms with van der Waals surface area (Å²) in [6, 6.07) is 18.6. The number of rotatable bonds is 7. The van der Waals surface area contributed by atoms with Gasteiger partial charge in [0.2, 0.25) is 5.95 Å². The average molecular weight is 455 g/mol. The molecule has 2 aromatic carbocycles. The van der Waals surface area contributed by atoms with Crippen molar-refractivity contribution >= 4 is 28.2 Å². The molecule has 5 rings (SSSR count). The molecule has 0 unspecified atom stereocenters. The first-order valence-corrected chi connectivity index (χ1v) is 12.0. The third-order valence-corrected chi connectivity index (χ3v) is 6.35. The third kappa shape index (κ3) is 4.88. The summed E-state index contributed by atoms with van der Waals surface area (Å²) < 4.78 is 0. The van der Waals surface area contributed by atoms with E-state index >= 15 is 0 Å². The number of aromatic amines is 1. The van der Waals surface area contributed by atoms with E-state index in [1.165, 1.54) is 11.3 Å². The van der Waals surface area contributed by atoms with E-state index in [2.05, 4.69) is 73.4 Å². The Bertz CT molecular complexity index is 1290. The van der Waals surface area contributed by atoms with Gasteiger partial charge in [-0.1, -0.05) is 19.4 Å². The molecule has 1 saturated heterocycles. The Morgan fingerprint density at radius 2 is 1.68 bits per heavy atom. The second-order valence-electron chi connectivity index (χ2n) is 8.72.